The van der Waals surface area contributed by atoms with E-state index < -0.39 is 0 Å². The Morgan fingerprint density at radius 1 is 1.35 bits per heavy atom. The predicted octanol–water partition coefficient (Wildman–Crippen LogP) is 2.27. The Balaban J connectivity index is 1.95. The molecule has 1 aliphatic heterocycles. The molecule has 1 atom stereocenters. The van der Waals surface area contributed by atoms with Crippen LogP contribution in [0.2, 0.25) is 0 Å². The van der Waals surface area contributed by atoms with E-state index >= 15 is 0 Å². The maximum absolute atomic E-state index is 8.88. The lowest BCUT2D eigenvalue weighted by Gasteiger charge is -2.27. The number of rotatable bonds is 2. The first-order chi connectivity index (χ1) is 9.79. The highest BCUT2D eigenvalue weighted by atomic mass is 15.2. The number of anilines is 2. The summed E-state index contributed by atoms with van der Waals surface area (Å²) >= 11 is 0. The normalized spacial score (nSPS) is 17.9. The molecule has 0 radical (unpaired) electrons. The maximum atomic E-state index is 8.88. The summed E-state index contributed by atoms with van der Waals surface area (Å²) in [6.07, 6.45) is 7.37. The van der Waals surface area contributed by atoms with E-state index in [1.54, 1.807) is 24.7 Å². The van der Waals surface area contributed by atoms with Crippen LogP contribution in [-0.2, 0) is 0 Å². The summed E-state index contributed by atoms with van der Waals surface area (Å²) < 4.78 is 0. The molecule has 1 aliphatic rings. The summed E-state index contributed by atoms with van der Waals surface area (Å²) in [5.74, 6) is 0.767. The summed E-state index contributed by atoms with van der Waals surface area (Å²) in [5, 5.41) is 8.88. The Morgan fingerprint density at radius 2 is 2.15 bits per heavy atom. The second-order valence-electron chi connectivity index (χ2n) is 4.88. The van der Waals surface area contributed by atoms with E-state index in [9.17, 15) is 0 Å². The van der Waals surface area contributed by atoms with Crippen molar-refractivity contribution >= 4 is 11.5 Å². The van der Waals surface area contributed by atoms with Crippen molar-refractivity contribution in [3.63, 3.8) is 0 Å². The Bertz CT molecular complexity index is 647. The molecular weight excluding hydrogens is 250 g/mol. The molecule has 0 aliphatic carbocycles. The van der Waals surface area contributed by atoms with Crippen LogP contribution >= 0.6 is 0 Å². The topological polar surface area (TPSA) is 78.8 Å². The molecule has 3 rings (SSSR count). The monoisotopic (exact) mass is 265 g/mol. The first kappa shape index (κ1) is 12.4. The highest BCUT2D eigenvalue weighted by Gasteiger charge is 2.28. The van der Waals surface area contributed by atoms with E-state index in [4.69, 9.17) is 11.0 Å². The second kappa shape index (κ2) is 5.17. The number of nitrogens with two attached hydrogens (primary N) is 1. The summed E-state index contributed by atoms with van der Waals surface area (Å²) in [7, 11) is 0. The number of aromatic nitrogens is 2. The molecule has 2 aromatic rings. The molecule has 3 heterocycles. The molecule has 0 amide bonds. The number of hydrogen-bond donors (Lipinski definition) is 1. The number of hydrogen-bond acceptors (Lipinski definition) is 5. The quantitative estimate of drug-likeness (QED) is 0.901. The molecule has 1 unspecified atom stereocenters. The third-order valence-corrected chi connectivity index (χ3v) is 3.64. The standard InChI is InChI=1S/C15H15N5/c16-9-11-8-13(17)15(19-10-11)20-7-1-2-14(20)12-3-5-18-6-4-12/h3-6,8,10,14H,1-2,7,17H2. The van der Waals surface area contributed by atoms with E-state index in [0.29, 0.717) is 11.3 Å². The van der Waals surface area contributed by atoms with Gasteiger partial charge in [-0.05, 0) is 36.6 Å². The second-order valence-corrected chi connectivity index (χ2v) is 4.88. The van der Waals surface area contributed by atoms with Crippen molar-refractivity contribution in [1.82, 2.24) is 9.97 Å². The molecule has 0 spiro atoms. The van der Waals surface area contributed by atoms with E-state index in [1.165, 1.54) is 5.56 Å². The van der Waals surface area contributed by atoms with Gasteiger partial charge in [0.1, 0.15) is 6.07 Å². The van der Waals surface area contributed by atoms with Crippen LogP contribution in [0.15, 0.2) is 36.8 Å². The van der Waals surface area contributed by atoms with Crippen LogP contribution in [0.5, 0.6) is 0 Å². The molecule has 0 saturated carbocycles. The van der Waals surface area contributed by atoms with E-state index in [-0.39, 0.29) is 6.04 Å². The zero-order chi connectivity index (χ0) is 13.9. The van der Waals surface area contributed by atoms with Crippen LogP contribution < -0.4 is 10.6 Å². The van der Waals surface area contributed by atoms with Crippen molar-refractivity contribution in [2.45, 2.75) is 18.9 Å². The third-order valence-electron chi connectivity index (χ3n) is 3.64. The highest BCUT2D eigenvalue weighted by molar-refractivity contribution is 5.65. The van der Waals surface area contributed by atoms with Crippen LogP contribution in [0, 0.1) is 11.3 Å². The summed E-state index contributed by atoms with van der Waals surface area (Å²) in [6.45, 7) is 0.927. The smallest absolute Gasteiger partial charge is 0.152 e. The molecule has 20 heavy (non-hydrogen) atoms. The van der Waals surface area contributed by atoms with Crippen molar-refractivity contribution < 1.29 is 0 Å². The fourth-order valence-electron chi connectivity index (χ4n) is 2.73. The molecule has 5 nitrogen and oxygen atoms in total. The van der Waals surface area contributed by atoms with Gasteiger partial charge in [0.2, 0.25) is 0 Å². The first-order valence-corrected chi connectivity index (χ1v) is 6.62. The van der Waals surface area contributed by atoms with Crippen LogP contribution in [0.4, 0.5) is 11.5 Å². The van der Waals surface area contributed by atoms with E-state index in [1.807, 2.05) is 12.1 Å². The summed E-state index contributed by atoms with van der Waals surface area (Å²) in [4.78, 5) is 10.6. The molecule has 1 fully saturated rings. The Morgan fingerprint density at radius 3 is 2.85 bits per heavy atom. The molecule has 5 heteroatoms. The van der Waals surface area contributed by atoms with Gasteiger partial charge in [0.25, 0.3) is 0 Å². The van der Waals surface area contributed by atoms with Gasteiger partial charge in [-0.25, -0.2) is 4.98 Å². The van der Waals surface area contributed by atoms with Gasteiger partial charge in [-0.15, -0.1) is 0 Å². The number of nitrogen functional groups attached to an aromatic ring is 1. The van der Waals surface area contributed by atoms with Gasteiger partial charge in [-0.3, -0.25) is 4.98 Å². The van der Waals surface area contributed by atoms with Crippen LogP contribution in [0.3, 0.4) is 0 Å². The first-order valence-electron chi connectivity index (χ1n) is 6.62. The fraction of sp³-hybridized carbons (Fsp3) is 0.267. The SMILES string of the molecule is N#Cc1cnc(N2CCCC2c2ccncc2)c(N)c1. The average molecular weight is 265 g/mol. The zero-order valence-electron chi connectivity index (χ0n) is 11.0. The lowest BCUT2D eigenvalue weighted by Crippen LogP contribution is -2.24. The summed E-state index contributed by atoms with van der Waals surface area (Å²) in [5.41, 5.74) is 8.33. The van der Waals surface area contributed by atoms with Gasteiger partial charge in [-0.1, -0.05) is 0 Å². The van der Waals surface area contributed by atoms with E-state index in [2.05, 4.69) is 20.9 Å². The van der Waals surface area contributed by atoms with Gasteiger partial charge >= 0.3 is 0 Å². The van der Waals surface area contributed by atoms with Gasteiger partial charge in [0.15, 0.2) is 5.82 Å². The minimum atomic E-state index is 0.278. The van der Waals surface area contributed by atoms with Gasteiger partial charge in [0.05, 0.1) is 17.3 Å². The van der Waals surface area contributed by atoms with Gasteiger partial charge in [0, 0.05) is 25.1 Å². The number of pyridine rings is 2. The van der Waals surface area contributed by atoms with Crippen molar-refractivity contribution in [3.8, 4) is 6.07 Å². The zero-order valence-corrected chi connectivity index (χ0v) is 11.0. The largest absolute Gasteiger partial charge is 0.396 e. The molecule has 1 saturated heterocycles. The predicted molar refractivity (Wildman–Crippen MR) is 76.9 cm³/mol. The van der Waals surface area contributed by atoms with Crippen molar-refractivity contribution in [3.05, 3.63) is 47.9 Å². The van der Waals surface area contributed by atoms with Crippen molar-refractivity contribution in [2.75, 3.05) is 17.2 Å². The Labute approximate surface area is 117 Å². The minimum absolute atomic E-state index is 0.278. The summed E-state index contributed by atoms with van der Waals surface area (Å²) in [6, 6.07) is 8.08. The maximum Gasteiger partial charge on any atom is 0.152 e. The fourth-order valence-corrected chi connectivity index (χ4v) is 2.73. The average Bonchev–Trinajstić information content (AvgIpc) is 2.97. The van der Waals surface area contributed by atoms with Crippen LogP contribution in [0.1, 0.15) is 30.0 Å². The lowest BCUT2D eigenvalue weighted by atomic mass is 10.1. The highest BCUT2D eigenvalue weighted by Crippen LogP contribution is 2.37. The molecule has 0 bridgehead atoms. The Kier molecular flexibility index (Phi) is 3.21. The lowest BCUT2D eigenvalue weighted by molar-refractivity contribution is 0.711. The van der Waals surface area contributed by atoms with Crippen LogP contribution in [0.25, 0.3) is 0 Å². The van der Waals surface area contributed by atoms with Gasteiger partial charge in [-0.2, -0.15) is 5.26 Å². The van der Waals surface area contributed by atoms with E-state index in [0.717, 1.165) is 25.2 Å². The van der Waals surface area contributed by atoms with Crippen molar-refractivity contribution in [2.24, 2.45) is 0 Å². The minimum Gasteiger partial charge on any atom is -0.396 e. The molecule has 0 aromatic carbocycles. The Hall–Kier alpha value is -2.61. The molecular formula is C15H15N5. The number of nitrogens with zero attached hydrogens (tertiary/aromatic N) is 4. The molecule has 100 valence electrons. The molecule has 2 aromatic heterocycles. The van der Waals surface area contributed by atoms with Crippen molar-refractivity contribution in [1.29, 1.82) is 5.26 Å². The number of nitriles is 1. The third kappa shape index (κ3) is 2.16. The molecule has 2 N–H and O–H groups in total. The van der Waals surface area contributed by atoms with Crippen LogP contribution in [-0.4, -0.2) is 16.5 Å². The van der Waals surface area contributed by atoms with Gasteiger partial charge < -0.3 is 10.6 Å².